The minimum absolute atomic E-state index is 0.443. The van der Waals surface area contributed by atoms with Gasteiger partial charge in [0.1, 0.15) is 12.0 Å². The van der Waals surface area contributed by atoms with Gasteiger partial charge < -0.3 is 20.9 Å². The van der Waals surface area contributed by atoms with E-state index < -0.39 is 0 Å². The maximum absolute atomic E-state index is 6.38. The number of halogens is 1. The minimum Gasteiger partial charge on any atom is -0.393 e. The Morgan fingerprint density at radius 1 is 1.28 bits per heavy atom. The minimum atomic E-state index is 0.443. The van der Waals surface area contributed by atoms with Crippen LogP contribution in [0.2, 0.25) is 5.02 Å². The summed E-state index contributed by atoms with van der Waals surface area (Å²) in [6.45, 7) is 4.18. The highest BCUT2D eigenvalue weighted by molar-refractivity contribution is 6.30. The predicted octanol–water partition coefficient (Wildman–Crippen LogP) is 3.29. The Hall–Kier alpha value is -2.05. The highest BCUT2D eigenvalue weighted by atomic mass is 35.5. The molecule has 3 N–H and O–H groups in total. The van der Waals surface area contributed by atoms with Crippen molar-refractivity contribution in [3.05, 3.63) is 35.1 Å². The SMILES string of the molecule is Cc1cc(Cl)ccc1Nc1ncnc(N(C)C2CCN(C)CC2)c1N. The van der Waals surface area contributed by atoms with Crippen LogP contribution in [0.5, 0.6) is 0 Å². The van der Waals surface area contributed by atoms with Crippen LogP contribution < -0.4 is 16.0 Å². The Labute approximate surface area is 154 Å². The van der Waals surface area contributed by atoms with E-state index in [4.69, 9.17) is 17.3 Å². The second-order valence-corrected chi connectivity index (χ2v) is 7.13. The van der Waals surface area contributed by atoms with Crippen molar-refractivity contribution in [1.29, 1.82) is 0 Å². The van der Waals surface area contributed by atoms with Gasteiger partial charge in [-0.1, -0.05) is 11.6 Å². The van der Waals surface area contributed by atoms with Crippen molar-refractivity contribution < 1.29 is 0 Å². The monoisotopic (exact) mass is 360 g/mol. The molecule has 0 bridgehead atoms. The largest absolute Gasteiger partial charge is 0.393 e. The number of nitrogen functional groups attached to an aromatic ring is 1. The molecule has 3 rings (SSSR count). The summed E-state index contributed by atoms with van der Waals surface area (Å²) in [4.78, 5) is 13.3. The lowest BCUT2D eigenvalue weighted by Crippen LogP contribution is -2.42. The zero-order valence-electron chi connectivity index (χ0n) is 15.0. The fourth-order valence-electron chi connectivity index (χ4n) is 3.22. The van der Waals surface area contributed by atoms with Gasteiger partial charge in [0.25, 0.3) is 0 Å². The van der Waals surface area contributed by atoms with Gasteiger partial charge >= 0.3 is 0 Å². The molecule has 0 radical (unpaired) electrons. The van der Waals surface area contributed by atoms with Gasteiger partial charge in [0.05, 0.1) is 0 Å². The van der Waals surface area contributed by atoms with Gasteiger partial charge in [0.15, 0.2) is 11.6 Å². The summed E-state index contributed by atoms with van der Waals surface area (Å²) in [5.41, 5.74) is 8.92. The van der Waals surface area contributed by atoms with Crippen molar-refractivity contribution >= 4 is 34.6 Å². The van der Waals surface area contributed by atoms with Gasteiger partial charge in [-0.3, -0.25) is 0 Å². The first-order valence-corrected chi connectivity index (χ1v) is 8.88. The molecule has 0 unspecified atom stereocenters. The summed E-state index contributed by atoms with van der Waals surface area (Å²) in [7, 11) is 4.22. The first kappa shape index (κ1) is 17.8. The van der Waals surface area contributed by atoms with Crippen LogP contribution in [0, 0.1) is 6.92 Å². The highest BCUT2D eigenvalue weighted by Crippen LogP contribution is 2.31. The van der Waals surface area contributed by atoms with Crippen LogP contribution in [0.3, 0.4) is 0 Å². The molecule has 1 saturated heterocycles. The van der Waals surface area contributed by atoms with Crippen molar-refractivity contribution in [2.45, 2.75) is 25.8 Å². The van der Waals surface area contributed by atoms with Crippen LogP contribution >= 0.6 is 11.6 Å². The molecule has 0 aliphatic carbocycles. The maximum Gasteiger partial charge on any atom is 0.159 e. The zero-order chi connectivity index (χ0) is 18.0. The van der Waals surface area contributed by atoms with E-state index in [1.54, 1.807) is 6.33 Å². The third kappa shape index (κ3) is 3.96. The maximum atomic E-state index is 6.38. The molecule has 6 nitrogen and oxygen atoms in total. The topological polar surface area (TPSA) is 70.3 Å². The van der Waals surface area contributed by atoms with Gasteiger partial charge in [0, 0.05) is 23.8 Å². The van der Waals surface area contributed by atoms with Gasteiger partial charge in [-0.15, -0.1) is 0 Å². The zero-order valence-corrected chi connectivity index (χ0v) is 15.7. The molecule has 0 amide bonds. The summed E-state index contributed by atoms with van der Waals surface area (Å²) in [6, 6.07) is 6.13. The van der Waals surface area contributed by atoms with E-state index in [9.17, 15) is 0 Å². The fraction of sp³-hybridized carbons (Fsp3) is 0.444. The third-order valence-corrected chi connectivity index (χ3v) is 5.11. The number of piperidine rings is 1. The Morgan fingerprint density at radius 2 is 2.00 bits per heavy atom. The number of benzene rings is 1. The number of likely N-dealkylation sites (tertiary alicyclic amines) is 1. The molecule has 0 atom stereocenters. The molecule has 1 aliphatic heterocycles. The molecule has 134 valence electrons. The first-order chi connectivity index (χ1) is 12.0. The molecule has 2 aromatic rings. The van der Waals surface area contributed by atoms with Gasteiger partial charge in [-0.2, -0.15) is 0 Å². The number of rotatable bonds is 4. The lowest BCUT2D eigenvalue weighted by Gasteiger charge is -2.36. The average Bonchev–Trinajstić information content (AvgIpc) is 2.59. The molecule has 7 heteroatoms. The lowest BCUT2D eigenvalue weighted by molar-refractivity contribution is 0.252. The van der Waals surface area contributed by atoms with Crippen LogP contribution in [-0.2, 0) is 0 Å². The van der Waals surface area contributed by atoms with Crippen LogP contribution in [0.4, 0.5) is 23.0 Å². The summed E-state index contributed by atoms with van der Waals surface area (Å²) in [6.07, 6.45) is 3.77. The first-order valence-electron chi connectivity index (χ1n) is 8.50. The Balaban J connectivity index is 1.82. The summed E-state index contributed by atoms with van der Waals surface area (Å²) < 4.78 is 0. The van der Waals surface area contributed by atoms with Gasteiger partial charge in [-0.05, 0) is 63.7 Å². The number of nitrogens with two attached hydrogens (primary N) is 1. The van der Waals surface area contributed by atoms with E-state index in [2.05, 4.69) is 39.2 Å². The standard InChI is InChI=1S/C18H25ClN6/c1-12-10-13(19)4-5-15(12)23-17-16(20)18(22-11-21-17)25(3)14-6-8-24(2)9-7-14/h4-5,10-11,14H,6-9,20H2,1-3H3,(H,21,22,23). The number of aromatic nitrogens is 2. The van der Waals surface area contributed by atoms with Crippen LogP contribution in [-0.4, -0.2) is 48.1 Å². The smallest absolute Gasteiger partial charge is 0.159 e. The molecule has 25 heavy (non-hydrogen) atoms. The average molecular weight is 361 g/mol. The van der Waals surface area contributed by atoms with E-state index in [0.717, 1.165) is 43.0 Å². The summed E-state index contributed by atoms with van der Waals surface area (Å²) in [5.74, 6) is 1.40. The molecule has 0 saturated carbocycles. The van der Waals surface area contributed by atoms with Gasteiger partial charge in [-0.25, -0.2) is 9.97 Å². The molecular formula is C18H25ClN6. The number of nitrogens with one attached hydrogen (secondary N) is 1. The van der Waals surface area contributed by atoms with Crippen molar-refractivity contribution in [2.75, 3.05) is 43.1 Å². The molecule has 1 aromatic heterocycles. The van der Waals surface area contributed by atoms with Crippen LogP contribution in [0.1, 0.15) is 18.4 Å². The van der Waals surface area contributed by atoms with Crippen molar-refractivity contribution in [3.63, 3.8) is 0 Å². The Bertz CT molecular complexity index is 742. The van der Waals surface area contributed by atoms with E-state index in [0.29, 0.717) is 22.6 Å². The number of hydrogen-bond acceptors (Lipinski definition) is 6. The van der Waals surface area contributed by atoms with Crippen LogP contribution in [0.25, 0.3) is 0 Å². The Kier molecular flexibility index (Phi) is 5.30. The Morgan fingerprint density at radius 3 is 2.68 bits per heavy atom. The van der Waals surface area contributed by atoms with E-state index in [1.165, 1.54) is 0 Å². The summed E-state index contributed by atoms with van der Waals surface area (Å²) in [5, 5.41) is 4.01. The van der Waals surface area contributed by atoms with Crippen molar-refractivity contribution in [1.82, 2.24) is 14.9 Å². The second kappa shape index (κ2) is 7.45. The number of nitrogens with zero attached hydrogens (tertiary/aromatic N) is 4. The highest BCUT2D eigenvalue weighted by Gasteiger charge is 2.24. The molecular weight excluding hydrogens is 336 g/mol. The summed E-state index contributed by atoms with van der Waals surface area (Å²) >= 11 is 6.03. The molecule has 1 fully saturated rings. The van der Waals surface area contributed by atoms with E-state index in [-0.39, 0.29) is 0 Å². The van der Waals surface area contributed by atoms with Crippen molar-refractivity contribution in [3.8, 4) is 0 Å². The number of anilines is 4. The predicted molar refractivity (Wildman–Crippen MR) is 105 cm³/mol. The quantitative estimate of drug-likeness (QED) is 0.871. The van der Waals surface area contributed by atoms with E-state index in [1.807, 2.05) is 25.1 Å². The van der Waals surface area contributed by atoms with Crippen LogP contribution in [0.15, 0.2) is 24.5 Å². The number of hydrogen-bond donors (Lipinski definition) is 2. The number of aryl methyl sites for hydroxylation is 1. The van der Waals surface area contributed by atoms with E-state index >= 15 is 0 Å². The molecule has 2 heterocycles. The molecule has 0 spiro atoms. The second-order valence-electron chi connectivity index (χ2n) is 6.69. The van der Waals surface area contributed by atoms with Crippen molar-refractivity contribution in [2.24, 2.45) is 0 Å². The molecule has 1 aliphatic rings. The van der Waals surface area contributed by atoms with Gasteiger partial charge in [0.2, 0.25) is 0 Å². The third-order valence-electron chi connectivity index (χ3n) is 4.87. The fourth-order valence-corrected chi connectivity index (χ4v) is 3.44. The lowest BCUT2D eigenvalue weighted by atomic mass is 10.0. The molecule has 1 aromatic carbocycles. The normalized spacial score (nSPS) is 16.0.